The highest BCUT2D eigenvalue weighted by atomic mass is 19.1. The molecule has 0 bridgehead atoms. The van der Waals surface area contributed by atoms with Crippen LogP contribution in [0.1, 0.15) is 34.6 Å². The van der Waals surface area contributed by atoms with Gasteiger partial charge in [-0.3, -0.25) is 9.59 Å². The van der Waals surface area contributed by atoms with Gasteiger partial charge in [0.2, 0.25) is 0 Å². The summed E-state index contributed by atoms with van der Waals surface area (Å²) in [6.07, 6.45) is 0. The molecule has 0 heterocycles. The third kappa shape index (κ3) is 6.40. The molecule has 0 fully saturated rings. The van der Waals surface area contributed by atoms with Crippen LogP contribution in [0.3, 0.4) is 0 Å². The standard InChI is InChI=1S/C24H23FN4O3/c1-15(2)26-24(32)29-20-10-4-7-17(13-20)22(30)27-19-9-3-6-16(12-19)23(31)28-21-11-5-8-18(25)14-21/h3-15H,1-2H3,(H,27,30)(H,28,31)(H2,26,29,32). The minimum atomic E-state index is -0.456. The lowest BCUT2D eigenvalue weighted by Gasteiger charge is -2.11. The predicted molar refractivity (Wildman–Crippen MR) is 122 cm³/mol. The normalized spacial score (nSPS) is 10.4. The molecule has 3 rings (SSSR count). The fraction of sp³-hybridized carbons (Fsp3) is 0.125. The van der Waals surface area contributed by atoms with Gasteiger partial charge in [0.1, 0.15) is 5.82 Å². The lowest BCUT2D eigenvalue weighted by atomic mass is 10.1. The maximum Gasteiger partial charge on any atom is 0.319 e. The van der Waals surface area contributed by atoms with E-state index < -0.39 is 17.6 Å². The van der Waals surface area contributed by atoms with Crippen molar-refractivity contribution >= 4 is 34.9 Å². The van der Waals surface area contributed by atoms with Gasteiger partial charge in [0.25, 0.3) is 11.8 Å². The maximum absolute atomic E-state index is 13.3. The first-order valence-electron chi connectivity index (χ1n) is 9.96. The van der Waals surface area contributed by atoms with E-state index in [-0.39, 0.29) is 12.1 Å². The Morgan fingerprint density at radius 3 is 1.66 bits per heavy atom. The molecule has 0 saturated heterocycles. The summed E-state index contributed by atoms with van der Waals surface area (Å²) in [5, 5.41) is 10.7. The summed E-state index contributed by atoms with van der Waals surface area (Å²) in [5.74, 6) is -1.29. The van der Waals surface area contributed by atoms with Gasteiger partial charge in [0, 0.05) is 34.2 Å². The quantitative estimate of drug-likeness (QED) is 0.446. The fourth-order valence-corrected chi connectivity index (χ4v) is 2.88. The van der Waals surface area contributed by atoms with Crippen molar-refractivity contribution in [2.24, 2.45) is 0 Å². The average molecular weight is 434 g/mol. The van der Waals surface area contributed by atoms with Crippen LogP contribution < -0.4 is 21.3 Å². The van der Waals surface area contributed by atoms with Gasteiger partial charge < -0.3 is 21.3 Å². The summed E-state index contributed by atoms with van der Waals surface area (Å²) >= 11 is 0. The molecule has 164 valence electrons. The van der Waals surface area contributed by atoms with Gasteiger partial charge in [-0.15, -0.1) is 0 Å². The summed E-state index contributed by atoms with van der Waals surface area (Å²) in [6.45, 7) is 3.69. The number of halogens is 1. The van der Waals surface area contributed by atoms with Gasteiger partial charge in [-0.2, -0.15) is 0 Å². The number of rotatable bonds is 6. The molecule has 0 saturated carbocycles. The number of hydrogen-bond acceptors (Lipinski definition) is 3. The molecule has 0 radical (unpaired) electrons. The van der Waals surface area contributed by atoms with Gasteiger partial charge in [0.05, 0.1) is 0 Å². The Balaban J connectivity index is 1.67. The molecule has 4 amide bonds. The molecule has 0 atom stereocenters. The summed E-state index contributed by atoms with van der Waals surface area (Å²) in [7, 11) is 0. The van der Waals surface area contributed by atoms with E-state index >= 15 is 0 Å². The molecule has 0 aliphatic heterocycles. The van der Waals surface area contributed by atoms with E-state index in [1.165, 1.54) is 24.3 Å². The molecule has 0 aromatic heterocycles. The monoisotopic (exact) mass is 434 g/mol. The Labute approximate surface area is 185 Å². The van der Waals surface area contributed by atoms with E-state index in [2.05, 4.69) is 21.3 Å². The first-order valence-corrected chi connectivity index (χ1v) is 9.96. The van der Waals surface area contributed by atoms with Crippen molar-refractivity contribution in [1.82, 2.24) is 5.32 Å². The van der Waals surface area contributed by atoms with E-state index in [1.807, 2.05) is 13.8 Å². The summed E-state index contributed by atoms with van der Waals surface area (Å²) < 4.78 is 13.3. The van der Waals surface area contributed by atoms with Gasteiger partial charge in [0.15, 0.2) is 0 Å². The molecule has 4 N–H and O–H groups in total. The number of carbonyl (C=O) groups is 3. The molecule has 0 spiro atoms. The molecular formula is C24H23FN4O3. The maximum atomic E-state index is 13.3. The highest BCUT2D eigenvalue weighted by molar-refractivity contribution is 6.07. The van der Waals surface area contributed by atoms with Crippen molar-refractivity contribution in [1.29, 1.82) is 0 Å². The number of hydrogen-bond donors (Lipinski definition) is 4. The smallest absolute Gasteiger partial charge is 0.319 e. The summed E-state index contributed by atoms with van der Waals surface area (Å²) in [4.78, 5) is 37.0. The van der Waals surface area contributed by atoms with Gasteiger partial charge in [-0.25, -0.2) is 9.18 Å². The van der Waals surface area contributed by atoms with Crippen LogP contribution in [0.15, 0.2) is 72.8 Å². The van der Waals surface area contributed by atoms with Crippen LogP contribution in [0.5, 0.6) is 0 Å². The van der Waals surface area contributed by atoms with Crippen molar-refractivity contribution < 1.29 is 18.8 Å². The second-order valence-corrected chi connectivity index (χ2v) is 7.33. The molecular weight excluding hydrogens is 411 g/mol. The second-order valence-electron chi connectivity index (χ2n) is 7.33. The minimum Gasteiger partial charge on any atom is -0.336 e. The lowest BCUT2D eigenvalue weighted by Crippen LogP contribution is -2.34. The van der Waals surface area contributed by atoms with Gasteiger partial charge in [-0.05, 0) is 68.4 Å². The second kappa shape index (κ2) is 10.2. The molecule has 3 aromatic carbocycles. The number of urea groups is 1. The van der Waals surface area contributed by atoms with E-state index in [0.29, 0.717) is 28.2 Å². The number of amides is 4. The van der Waals surface area contributed by atoms with E-state index in [9.17, 15) is 18.8 Å². The molecule has 8 heteroatoms. The number of carbonyl (C=O) groups excluding carboxylic acids is 3. The highest BCUT2D eigenvalue weighted by Crippen LogP contribution is 2.17. The first-order chi connectivity index (χ1) is 15.3. The zero-order valence-electron chi connectivity index (χ0n) is 17.6. The van der Waals surface area contributed by atoms with E-state index in [0.717, 1.165) is 0 Å². The predicted octanol–water partition coefficient (Wildman–Crippen LogP) is 4.86. The largest absolute Gasteiger partial charge is 0.336 e. The van der Waals surface area contributed by atoms with Crippen molar-refractivity contribution in [3.8, 4) is 0 Å². The summed E-state index contributed by atoms with van der Waals surface area (Å²) in [6, 6.07) is 18.1. The van der Waals surface area contributed by atoms with E-state index in [1.54, 1.807) is 48.5 Å². The van der Waals surface area contributed by atoms with E-state index in [4.69, 9.17) is 0 Å². The Hall–Kier alpha value is -4.20. The van der Waals surface area contributed by atoms with Crippen molar-refractivity contribution in [3.63, 3.8) is 0 Å². The van der Waals surface area contributed by atoms with Crippen LogP contribution in [0, 0.1) is 5.82 Å². The molecule has 0 aliphatic rings. The van der Waals surface area contributed by atoms with Crippen LogP contribution in [0.4, 0.5) is 26.2 Å². The van der Waals surface area contributed by atoms with Gasteiger partial charge in [-0.1, -0.05) is 18.2 Å². The zero-order valence-corrected chi connectivity index (χ0v) is 17.6. The third-order valence-electron chi connectivity index (χ3n) is 4.27. The van der Waals surface area contributed by atoms with Crippen LogP contribution in [-0.4, -0.2) is 23.9 Å². The van der Waals surface area contributed by atoms with Crippen molar-refractivity contribution in [2.75, 3.05) is 16.0 Å². The lowest BCUT2D eigenvalue weighted by molar-refractivity contribution is 0.101. The van der Waals surface area contributed by atoms with Crippen molar-refractivity contribution in [2.45, 2.75) is 19.9 Å². The SMILES string of the molecule is CC(C)NC(=O)Nc1cccc(C(=O)Nc2cccc(C(=O)Nc3cccc(F)c3)c2)c1. The Kier molecular flexibility index (Phi) is 7.17. The number of benzene rings is 3. The Morgan fingerprint density at radius 1 is 0.688 bits per heavy atom. The molecule has 0 aliphatic carbocycles. The van der Waals surface area contributed by atoms with Gasteiger partial charge >= 0.3 is 6.03 Å². The summed E-state index contributed by atoms with van der Waals surface area (Å²) in [5.41, 5.74) is 1.85. The third-order valence-corrected chi connectivity index (χ3v) is 4.27. The van der Waals surface area contributed by atoms with Crippen LogP contribution >= 0.6 is 0 Å². The number of anilines is 3. The van der Waals surface area contributed by atoms with Crippen LogP contribution in [-0.2, 0) is 0 Å². The topological polar surface area (TPSA) is 99.3 Å². The Morgan fingerprint density at radius 2 is 1.16 bits per heavy atom. The average Bonchev–Trinajstić information content (AvgIpc) is 2.73. The van der Waals surface area contributed by atoms with Crippen LogP contribution in [0.25, 0.3) is 0 Å². The molecule has 0 unspecified atom stereocenters. The fourth-order valence-electron chi connectivity index (χ4n) is 2.88. The minimum absolute atomic E-state index is 0.0214. The zero-order chi connectivity index (χ0) is 23.1. The highest BCUT2D eigenvalue weighted by Gasteiger charge is 2.11. The molecule has 3 aromatic rings. The van der Waals surface area contributed by atoms with Crippen molar-refractivity contribution in [3.05, 3.63) is 89.7 Å². The molecule has 7 nitrogen and oxygen atoms in total. The first kappa shape index (κ1) is 22.5. The van der Waals surface area contributed by atoms with Crippen LogP contribution in [0.2, 0.25) is 0 Å². The Bertz CT molecular complexity index is 1150. The number of nitrogens with one attached hydrogen (secondary N) is 4. The molecule has 32 heavy (non-hydrogen) atoms.